The molecule has 1 aliphatic heterocycles. The summed E-state index contributed by atoms with van der Waals surface area (Å²) in [5.74, 6) is 0. The SMILES string of the molecule is CCCCCCCCCCCCCCN1C=CN(c2ccccc2)C1c1ccccc1. The molecule has 0 bridgehead atoms. The van der Waals surface area contributed by atoms with Gasteiger partial charge in [0.05, 0.1) is 0 Å². The molecule has 0 radical (unpaired) electrons. The molecular weight excluding hydrogens is 376 g/mol. The topological polar surface area (TPSA) is 6.48 Å². The van der Waals surface area contributed by atoms with E-state index in [0.717, 1.165) is 6.54 Å². The highest BCUT2D eigenvalue weighted by atomic mass is 15.4. The van der Waals surface area contributed by atoms with E-state index in [0.29, 0.717) is 0 Å². The number of para-hydroxylation sites is 1. The summed E-state index contributed by atoms with van der Waals surface area (Å²) in [6.45, 7) is 3.41. The Balaban J connectivity index is 1.37. The van der Waals surface area contributed by atoms with Crippen molar-refractivity contribution >= 4 is 5.69 Å². The van der Waals surface area contributed by atoms with E-state index < -0.39 is 0 Å². The van der Waals surface area contributed by atoms with E-state index in [9.17, 15) is 0 Å². The second-order valence-corrected chi connectivity index (χ2v) is 8.95. The fourth-order valence-electron chi connectivity index (χ4n) is 4.62. The van der Waals surface area contributed by atoms with Crippen molar-refractivity contribution in [2.45, 2.75) is 90.1 Å². The van der Waals surface area contributed by atoms with Crippen LogP contribution in [-0.2, 0) is 0 Å². The first kappa shape index (κ1) is 23.4. The molecular formula is C29H42N2. The summed E-state index contributed by atoms with van der Waals surface area (Å²) in [4.78, 5) is 4.91. The normalized spacial score (nSPS) is 15.7. The van der Waals surface area contributed by atoms with Gasteiger partial charge >= 0.3 is 0 Å². The quantitative estimate of drug-likeness (QED) is 0.267. The zero-order chi connectivity index (χ0) is 21.6. The summed E-state index contributed by atoms with van der Waals surface area (Å²) in [6.07, 6.45) is 21.6. The van der Waals surface area contributed by atoms with E-state index in [4.69, 9.17) is 0 Å². The predicted octanol–water partition coefficient (Wildman–Crippen LogP) is 8.68. The van der Waals surface area contributed by atoms with Crippen LogP contribution in [0.3, 0.4) is 0 Å². The molecule has 3 rings (SSSR count). The number of rotatable bonds is 15. The molecule has 0 aromatic heterocycles. The van der Waals surface area contributed by atoms with E-state index in [2.05, 4.69) is 89.8 Å². The number of hydrogen-bond acceptors (Lipinski definition) is 2. The van der Waals surface area contributed by atoms with Gasteiger partial charge in [-0.15, -0.1) is 0 Å². The zero-order valence-corrected chi connectivity index (χ0v) is 19.6. The highest BCUT2D eigenvalue weighted by Crippen LogP contribution is 2.35. The van der Waals surface area contributed by atoms with Crippen LogP contribution in [0.15, 0.2) is 73.1 Å². The van der Waals surface area contributed by atoms with Gasteiger partial charge in [0, 0.05) is 24.6 Å². The van der Waals surface area contributed by atoms with Crippen molar-refractivity contribution in [3.05, 3.63) is 78.6 Å². The molecule has 168 valence electrons. The van der Waals surface area contributed by atoms with Crippen LogP contribution >= 0.6 is 0 Å². The van der Waals surface area contributed by atoms with Crippen molar-refractivity contribution in [2.75, 3.05) is 11.4 Å². The summed E-state index contributed by atoms with van der Waals surface area (Å²) in [7, 11) is 0. The molecule has 2 aromatic carbocycles. The molecule has 2 heteroatoms. The van der Waals surface area contributed by atoms with E-state index >= 15 is 0 Å². The van der Waals surface area contributed by atoms with Crippen molar-refractivity contribution in [3.8, 4) is 0 Å². The van der Waals surface area contributed by atoms with Gasteiger partial charge < -0.3 is 9.80 Å². The van der Waals surface area contributed by atoms with Crippen molar-refractivity contribution in [2.24, 2.45) is 0 Å². The van der Waals surface area contributed by atoms with Gasteiger partial charge in [-0.1, -0.05) is 126 Å². The minimum atomic E-state index is 0.260. The lowest BCUT2D eigenvalue weighted by molar-refractivity contribution is 0.297. The Hall–Kier alpha value is -2.22. The van der Waals surface area contributed by atoms with Crippen LogP contribution in [0, 0.1) is 0 Å². The van der Waals surface area contributed by atoms with Crippen molar-refractivity contribution < 1.29 is 0 Å². The first-order valence-electron chi connectivity index (χ1n) is 12.7. The van der Waals surface area contributed by atoms with Gasteiger partial charge in [0.1, 0.15) is 6.17 Å². The van der Waals surface area contributed by atoms with Gasteiger partial charge in [0.25, 0.3) is 0 Å². The zero-order valence-electron chi connectivity index (χ0n) is 19.6. The molecule has 0 saturated carbocycles. The number of benzene rings is 2. The summed E-state index contributed by atoms with van der Waals surface area (Å²) in [6, 6.07) is 21.7. The number of unbranched alkanes of at least 4 members (excludes halogenated alkanes) is 11. The first-order valence-corrected chi connectivity index (χ1v) is 12.7. The van der Waals surface area contributed by atoms with Crippen molar-refractivity contribution in [1.82, 2.24) is 4.90 Å². The molecule has 1 heterocycles. The van der Waals surface area contributed by atoms with Crippen LogP contribution in [0.1, 0.15) is 95.7 Å². The molecule has 0 N–H and O–H groups in total. The third-order valence-corrected chi connectivity index (χ3v) is 6.42. The van der Waals surface area contributed by atoms with E-state index in [1.165, 1.54) is 88.3 Å². The largest absolute Gasteiger partial charge is 0.352 e. The molecule has 0 aliphatic carbocycles. The van der Waals surface area contributed by atoms with Crippen LogP contribution in [0.4, 0.5) is 5.69 Å². The number of anilines is 1. The fraction of sp³-hybridized carbons (Fsp3) is 0.517. The minimum Gasteiger partial charge on any atom is -0.352 e. The summed E-state index contributed by atoms with van der Waals surface area (Å²) in [5, 5.41) is 0. The average Bonchev–Trinajstić information content (AvgIpc) is 3.25. The average molecular weight is 419 g/mol. The third kappa shape index (κ3) is 7.76. The van der Waals surface area contributed by atoms with Gasteiger partial charge in [0.15, 0.2) is 0 Å². The minimum absolute atomic E-state index is 0.260. The van der Waals surface area contributed by atoms with Gasteiger partial charge in [-0.25, -0.2) is 0 Å². The standard InChI is InChI=1S/C29H42N2/c1-2-3-4-5-6-7-8-9-10-11-12-19-24-30-25-26-31(28-22-17-14-18-23-28)29(30)27-20-15-13-16-21-27/h13-18,20-23,25-26,29H,2-12,19,24H2,1H3. The highest BCUT2D eigenvalue weighted by molar-refractivity contribution is 5.53. The third-order valence-electron chi connectivity index (χ3n) is 6.42. The maximum absolute atomic E-state index is 2.51. The van der Waals surface area contributed by atoms with Gasteiger partial charge in [-0.2, -0.15) is 0 Å². The molecule has 31 heavy (non-hydrogen) atoms. The van der Waals surface area contributed by atoms with Gasteiger partial charge in [0.2, 0.25) is 0 Å². The van der Waals surface area contributed by atoms with Gasteiger partial charge in [-0.05, 0) is 24.1 Å². The Bertz CT molecular complexity index is 725. The van der Waals surface area contributed by atoms with Crippen LogP contribution in [0.25, 0.3) is 0 Å². The maximum atomic E-state index is 2.51. The van der Waals surface area contributed by atoms with E-state index in [1.54, 1.807) is 0 Å². The maximum Gasteiger partial charge on any atom is 0.132 e. The summed E-state index contributed by atoms with van der Waals surface area (Å²) >= 11 is 0. The molecule has 1 atom stereocenters. The predicted molar refractivity (Wildman–Crippen MR) is 135 cm³/mol. The second-order valence-electron chi connectivity index (χ2n) is 8.95. The highest BCUT2D eigenvalue weighted by Gasteiger charge is 2.28. The van der Waals surface area contributed by atoms with Gasteiger partial charge in [-0.3, -0.25) is 0 Å². The molecule has 2 aromatic rings. The number of hydrogen-bond donors (Lipinski definition) is 0. The van der Waals surface area contributed by atoms with Crippen LogP contribution in [-0.4, -0.2) is 11.4 Å². The number of nitrogens with zero attached hydrogens (tertiary/aromatic N) is 2. The molecule has 0 spiro atoms. The summed E-state index contributed by atoms with van der Waals surface area (Å²) in [5.41, 5.74) is 2.61. The fourth-order valence-corrected chi connectivity index (χ4v) is 4.62. The molecule has 1 aliphatic rings. The van der Waals surface area contributed by atoms with Crippen molar-refractivity contribution in [1.29, 1.82) is 0 Å². The lowest BCUT2D eigenvalue weighted by Gasteiger charge is -2.33. The second kappa shape index (κ2) is 14.0. The monoisotopic (exact) mass is 418 g/mol. The molecule has 0 fully saturated rings. The Labute approximate surface area is 191 Å². The molecule has 0 saturated heterocycles. The smallest absolute Gasteiger partial charge is 0.132 e. The van der Waals surface area contributed by atoms with E-state index in [-0.39, 0.29) is 6.17 Å². The van der Waals surface area contributed by atoms with Crippen LogP contribution in [0.5, 0.6) is 0 Å². The van der Waals surface area contributed by atoms with Crippen molar-refractivity contribution in [3.63, 3.8) is 0 Å². The lowest BCUT2D eigenvalue weighted by atomic mass is 10.1. The van der Waals surface area contributed by atoms with Crippen LogP contribution in [0.2, 0.25) is 0 Å². The Morgan fingerprint density at radius 3 is 1.68 bits per heavy atom. The molecule has 1 unspecified atom stereocenters. The molecule has 2 nitrogen and oxygen atoms in total. The summed E-state index contributed by atoms with van der Waals surface area (Å²) < 4.78 is 0. The Kier molecular flexibility index (Phi) is 10.6. The lowest BCUT2D eigenvalue weighted by Crippen LogP contribution is -2.31. The molecule has 0 amide bonds. The Morgan fingerprint density at radius 2 is 1.10 bits per heavy atom. The van der Waals surface area contributed by atoms with E-state index in [1.807, 2.05) is 0 Å². The first-order chi connectivity index (χ1) is 15.4. The van der Waals surface area contributed by atoms with Crippen LogP contribution < -0.4 is 4.90 Å². The Morgan fingerprint density at radius 1 is 0.581 bits per heavy atom.